The average Bonchev–Trinajstić information content (AvgIpc) is 3.02. The smallest absolute Gasteiger partial charge is 0.394 e. The highest BCUT2D eigenvalue weighted by Crippen LogP contribution is 2.37. The van der Waals surface area contributed by atoms with E-state index in [-0.39, 0.29) is 34.7 Å². The van der Waals surface area contributed by atoms with Crippen molar-refractivity contribution in [2.45, 2.75) is 55.5 Å². The van der Waals surface area contributed by atoms with E-state index in [4.69, 9.17) is 0 Å². The molecule has 0 aliphatic carbocycles. The van der Waals surface area contributed by atoms with Gasteiger partial charge >= 0.3 is 12.8 Å². The number of sulfone groups is 1. The summed E-state index contributed by atoms with van der Waals surface area (Å²) in [6.07, 6.45) is -4.12. The standard InChI is InChI=1S/C31H31F5N2O6S/c1-2-45(42,43)25-14-7-20(8-15-25)27(17-39)37-28(40)21-5-11-23(12-6-21)38-24(18-44-30(32)33)13-16-26(29(38)41)19-3-9-22(10-4-19)31(34,35)36/h3-12,14-15,24,26-27,30,39H,2,13,16-18H2,1H3,(H,37,40)/t24-,26?,27-/m0/s1. The lowest BCUT2D eigenvalue weighted by molar-refractivity contribution is -0.138. The van der Waals surface area contributed by atoms with Crippen molar-refractivity contribution in [3.8, 4) is 0 Å². The van der Waals surface area contributed by atoms with Crippen LogP contribution in [0.25, 0.3) is 0 Å². The van der Waals surface area contributed by atoms with Crippen LogP contribution in [-0.4, -0.2) is 57.0 Å². The predicted molar refractivity (Wildman–Crippen MR) is 155 cm³/mol. The van der Waals surface area contributed by atoms with Crippen LogP contribution in [0.5, 0.6) is 0 Å². The molecule has 0 bridgehead atoms. The number of alkyl halides is 5. The van der Waals surface area contributed by atoms with Gasteiger partial charge < -0.3 is 20.1 Å². The number of anilines is 1. The van der Waals surface area contributed by atoms with Gasteiger partial charge in [0.25, 0.3) is 5.91 Å². The Morgan fingerprint density at radius 1 is 1.00 bits per heavy atom. The SMILES string of the molecule is CCS(=O)(=O)c1ccc([C@H](CO)NC(=O)c2ccc(N3C(=O)C(c4ccc(C(F)(F)F)cc4)CC[C@H]3COC(F)F)cc2)cc1. The number of rotatable bonds is 11. The molecule has 0 spiro atoms. The molecule has 14 heteroatoms. The van der Waals surface area contributed by atoms with Crippen molar-refractivity contribution >= 4 is 27.3 Å². The summed E-state index contributed by atoms with van der Waals surface area (Å²) in [6, 6.07) is 14.0. The van der Waals surface area contributed by atoms with E-state index >= 15 is 0 Å². The highest BCUT2D eigenvalue weighted by atomic mass is 32.2. The van der Waals surface area contributed by atoms with Crippen molar-refractivity contribution in [2.24, 2.45) is 0 Å². The molecule has 45 heavy (non-hydrogen) atoms. The molecule has 2 amide bonds. The van der Waals surface area contributed by atoms with Crippen LogP contribution in [0.1, 0.15) is 58.8 Å². The first-order chi connectivity index (χ1) is 21.2. The van der Waals surface area contributed by atoms with Crippen molar-refractivity contribution in [2.75, 3.05) is 23.9 Å². The van der Waals surface area contributed by atoms with E-state index < -0.39 is 71.2 Å². The summed E-state index contributed by atoms with van der Waals surface area (Å²) < 4.78 is 93.5. The maximum atomic E-state index is 13.6. The number of amides is 2. The molecule has 1 heterocycles. The van der Waals surface area contributed by atoms with Gasteiger partial charge in [-0.1, -0.05) is 31.2 Å². The molecule has 0 aromatic heterocycles. The van der Waals surface area contributed by atoms with Crippen molar-refractivity contribution < 1.29 is 49.8 Å². The Balaban J connectivity index is 1.53. The fourth-order valence-electron chi connectivity index (χ4n) is 5.18. The van der Waals surface area contributed by atoms with Crippen LogP contribution in [0, 0.1) is 0 Å². The Kier molecular flexibility index (Phi) is 10.6. The lowest BCUT2D eigenvalue weighted by Gasteiger charge is -2.39. The number of hydrogen-bond donors (Lipinski definition) is 2. The quantitative estimate of drug-likeness (QED) is 0.265. The number of aliphatic hydroxyl groups is 1. The van der Waals surface area contributed by atoms with Gasteiger partial charge in [0, 0.05) is 11.3 Å². The lowest BCUT2D eigenvalue weighted by Crippen LogP contribution is -2.49. The maximum Gasteiger partial charge on any atom is 0.416 e. The van der Waals surface area contributed by atoms with E-state index in [1.165, 1.54) is 72.5 Å². The second-order valence-electron chi connectivity index (χ2n) is 10.4. The topological polar surface area (TPSA) is 113 Å². The second kappa shape index (κ2) is 14.0. The van der Waals surface area contributed by atoms with Gasteiger partial charge in [0.15, 0.2) is 9.84 Å². The number of ether oxygens (including phenoxy) is 1. The van der Waals surface area contributed by atoms with Crippen LogP contribution in [0.15, 0.2) is 77.7 Å². The molecule has 2 N–H and O–H groups in total. The Hall–Kier alpha value is -3.88. The van der Waals surface area contributed by atoms with Crippen molar-refractivity contribution in [1.82, 2.24) is 5.32 Å². The molecule has 3 aromatic carbocycles. The first-order valence-corrected chi connectivity index (χ1v) is 15.6. The summed E-state index contributed by atoms with van der Waals surface area (Å²) in [7, 11) is -3.43. The number of benzene rings is 3. The van der Waals surface area contributed by atoms with Gasteiger partial charge in [0.2, 0.25) is 5.91 Å². The lowest BCUT2D eigenvalue weighted by atomic mass is 9.86. The molecule has 0 saturated carbocycles. The largest absolute Gasteiger partial charge is 0.416 e. The third-order valence-electron chi connectivity index (χ3n) is 7.66. The number of piperidine rings is 1. The van der Waals surface area contributed by atoms with Crippen LogP contribution in [0.4, 0.5) is 27.6 Å². The molecule has 1 aliphatic rings. The highest BCUT2D eigenvalue weighted by molar-refractivity contribution is 7.91. The molecule has 4 rings (SSSR count). The second-order valence-corrected chi connectivity index (χ2v) is 12.7. The number of nitrogens with one attached hydrogen (secondary N) is 1. The Morgan fingerprint density at radius 3 is 2.16 bits per heavy atom. The van der Waals surface area contributed by atoms with Crippen molar-refractivity contribution in [1.29, 1.82) is 0 Å². The summed E-state index contributed by atoms with van der Waals surface area (Å²) in [5.74, 6) is -2.02. The van der Waals surface area contributed by atoms with Crippen LogP contribution < -0.4 is 10.2 Å². The van der Waals surface area contributed by atoms with Gasteiger partial charge in [-0.25, -0.2) is 8.42 Å². The number of carbonyl (C=O) groups excluding carboxylic acids is 2. The summed E-state index contributed by atoms with van der Waals surface area (Å²) >= 11 is 0. The van der Waals surface area contributed by atoms with E-state index in [0.29, 0.717) is 11.1 Å². The fraction of sp³-hybridized carbons (Fsp3) is 0.355. The molecular formula is C31H31F5N2O6S. The molecule has 1 aliphatic heterocycles. The van der Waals surface area contributed by atoms with Crippen LogP contribution in [0.2, 0.25) is 0 Å². The molecule has 1 saturated heterocycles. The van der Waals surface area contributed by atoms with Gasteiger partial charge in [-0.05, 0) is 72.5 Å². The predicted octanol–water partition coefficient (Wildman–Crippen LogP) is 5.48. The van der Waals surface area contributed by atoms with Crippen LogP contribution in [0.3, 0.4) is 0 Å². The van der Waals surface area contributed by atoms with E-state index in [0.717, 1.165) is 12.1 Å². The molecule has 1 fully saturated rings. The van der Waals surface area contributed by atoms with E-state index in [1.54, 1.807) is 0 Å². The van der Waals surface area contributed by atoms with E-state index in [2.05, 4.69) is 10.1 Å². The van der Waals surface area contributed by atoms with Crippen molar-refractivity contribution in [3.63, 3.8) is 0 Å². The molecule has 3 atom stereocenters. The monoisotopic (exact) mass is 654 g/mol. The Bertz CT molecular complexity index is 1580. The van der Waals surface area contributed by atoms with Gasteiger partial charge in [0.1, 0.15) is 0 Å². The average molecular weight is 655 g/mol. The molecule has 0 radical (unpaired) electrons. The number of halogens is 5. The van der Waals surface area contributed by atoms with Gasteiger partial charge in [0.05, 0.1) is 47.4 Å². The van der Waals surface area contributed by atoms with Gasteiger partial charge in [-0.2, -0.15) is 22.0 Å². The zero-order valence-corrected chi connectivity index (χ0v) is 24.8. The van der Waals surface area contributed by atoms with E-state index in [9.17, 15) is 45.1 Å². The van der Waals surface area contributed by atoms with Crippen LogP contribution >= 0.6 is 0 Å². The summed E-state index contributed by atoms with van der Waals surface area (Å²) in [5.41, 5.74) is 0.354. The zero-order chi connectivity index (χ0) is 32.9. The Morgan fingerprint density at radius 2 is 1.62 bits per heavy atom. The Labute approximate surface area is 256 Å². The van der Waals surface area contributed by atoms with Gasteiger partial charge in [-0.15, -0.1) is 0 Å². The molecular weight excluding hydrogens is 623 g/mol. The maximum absolute atomic E-state index is 13.6. The normalized spacial score (nSPS) is 18.2. The summed E-state index contributed by atoms with van der Waals surface area (Å²) in [4.78, 5) is 28.0. The first kappa shape index (κ1) is 34.0. The number of aliphatic hydroxyl groups excluding tert-OH is 1. The highest BCUT2D eigenvalue weighted by Gasteiger charge is 2.38. The number of carbonyl (C=O) groups is 2. The van der Waals surface area contributed by atoms with Crippen LogP contribution in [-0.2, 0) is 25.5 Å². The first-order valence-electron chi connectivity index (χ1n) is 14.0. The minimum absolute atomic E-state index is 0.0821. The third kappa shape index (κ3) is 8.05. The minimum Gasteiger partial charge on any atom is -0.394 e. The third-order valence-corrected chi connectivity index (χ3v) is 9.41. The molecule has 3 aromatic rings. The number of nitrogens with zero attached hydrogens (tertiary/aromatic N) is 1. The fourth-order valence-corrected chi connectivity index (χ4v) is 6.06. The molecule has 1 unspecified atom stereocenters. The minimum atomic E-state index is -4.55. The van der Waals surface area contributed by atoms with E-state index in [1.807, 2.05) is 0 Å². The van der Waals surface area contributed by atoms with Gasteiger partial charge in [-0.3, -0.25) is 9.59 Å². The zero-order valence-electron chi connectivity index (χ0n) is 24.0. The molecule has 242 valence electrons. The summed E-state index contributed by atoms with van der Waals surface area (Å²) in [6.45, 7) is -2.53. The summed E-state index contributed by atoms with van der Waals surface area (Å²) in [5, 5.41) is 12.6. The number of hydrogen-bond acceptors (Lipinski definition) is 6. The molecule has 8 nitrogen and oxygen atoms in total. The van der Waals surface area contributed by atoms with Crippen molar-refractivity contribution in [3.05, 3.63) is 95.1 Å².